The number of Topliss-reactive ketones (excluding diaryl/α,β-unsaturated/α-hetero) is 1. The molecule has 0 bridgehead atoms. The van der Waals surface area contributed by atoms with Gasteiger partial charge in [-0.15, -0.1) is 0 Å². The van der Waals surface area contributed by atoms with Crippen molar-refractivity contribution in [2.45, 2.75) is 26.4 Å². The van der Waals surface area contributed by atoms with Crippen LogP contribution in [-0.2, 0) is 11.2 Å². The van der Waals surface area contributed by atoms with E-state index in [1.54, 1.807) is 6.92 Å². The van der Waals surface area contributed by atoms with Crippen molar-refractivity contribution < 1.29 is 28.2 Å². The predicted molar refractivity (Wildman–Crippen MR) is 59.0 cm³/mol. The van der Waals surface area contributed by atoms with E-state index >= 15 is 0 Å². The summed E-state index contributed by atoms with van der Waals surface area (Å²) in [5.41, 5.74) is 0.397. The molecule has 0 aromatic heterocycles. The summed E-state index contributed by atoms with van der Waals surface area (Å²) in [7, 11) is 0. The minimum atomic E-state index is -2.99. The Morgan fingerprint density at radius 2 is 2.06 bits per heavy atom. The lowest BCUT2D eigenvalue weighted by Gasteiger charge is -2.10. The Hall–Kier alpha value is -1.98. The lowest BCUT2D eigenvalue weighted by Crippen LogP contribution is -2.09. The van der Waals surface area contributed by atoms with E-state index in [4.69, 9.17) is 5.11 Å². The Balaban J connectivity index is 3.11. The number of carbonyl (C=O) groups is 2. The van der Waals surface area contributed by atoms with E-state index in [0.717, 1.165) is 6.07 Å². The van der Waals surface area contributed by atoms with Gasteiger partial charge in [-0.1, -0.05) is 13.0 Å². The SMILES string of the molecule is CCC(=O)c1cc(OC(F)F)ccc1CC(=O)O. The van der Waals surface area contributed by atoms with Crippen molar-refractivity contribution in [3.05, 3.63) is 29.3 Å². The normalized spacial score (nSPS) is 10.4. The van der Waals surface area contributed by atoms with Crippen LogP contribution < -0.4 is 4.74 Å². The third-order valence-corrected chi connectivity index (χ3v) is 2.27. The molecule has 0 unspecified atom stereocenters. The molecule has 0 aliphatic rings. The van der Waals surface area contributed by atoms with Gasteiger partial charge < -0.3 is 9.84 Å². The molecule has 0 aliphatic heterocycles. The average molecular weight is 258 g/mol. The van der Waals surface area contributed by atoms with Crippen molar-refractivity contribution in [2.75, 3.05) is 0 Å². The van der Waals surface area contributed by atoms with Gasteiger partial charge >= 0.3 is 12.6 Å². The number of alkyl halides is 2. The fourth-order valence-corrected chi connectivity index (χ4v) is 1.50. The largest absolute Gasteiger partial charge is 0.481 e. The van der Waals surface area contributed by atoms with E-state index in [0.29, 0.717) is 0 Å². The fraction of sp³-hybridized carbons (Fsp3) is 0.333. The van der Waals surface area contributed by atoms with Gasteiger partial charge in [-0.3, -0.25) is 9.59 Å². The molecule has 1 aromatic rings. The number of carboxylic acid groups (broad SMARTS) is 1. The van der Waals surface area contributed by atoms with Crippen LogP contribution in [-0.4, -0.2) is 23.5 Å². The highest BCUT2D eigenvalue weighted by molar-refractivity contribution is 5.98. The van der Waals surface area contributed by atoms with Gasteiger partial charge in [-0.05, 0) is 17.7 Å². The first-order valence-electron chi connectivity index (χ1n) is 5.26. The van der Waals surface area contributed by atoms with Crippen LogP contribution in [0.4, 0.5) is 8.78 Å². The Morgan fingerprint density at radius 1 is 1.39 bits per heavy atom. The molecule has 1 rings (SSSR count). The molecule has 0 spiro atoms. The molecular formula is C12H12F2O4. The van der Waals surface area contributed by atoms with Crippen molar-refractivity contribution in [3.8, 4) is 5.75 Å². The Kier molecular flexibility index (Phi) is 4.76. The van der Waals surface area contributed by atoms with Gasteiger partial charge in [0.15, 0.2) is 5.78 Å². The van der Waals surface area contributed by atoms with Gasteiger partial charge in [0.25, 0.3) is 0 Å². The van der Waals surface area contributed by atoms with Gasteiger partial charge in [0.2, 0.25) is 0 Å². The monoisotopic (exact) mass is 258 g/mol. The van der Waals surface area contributed by atoms with E-state index in [1.165, 1.54) is 12.1 Å². The maximum absolute atomic E-state index is 12.0. The van der Waals surface area contributed by atoms with E-state index in [2.05, 4.69) is 4.74 Å². The highest BCUT2D eigenvalue weighted by Gasteiger charge is 2.15. The summed E-state index contributed by atoms with van der Waals surface area (Å²) in [6.45, 7) is -1.38. The number of carbonyl (C=O) groups excluding carboxylic acids is 1. The third kappa shape index (κ3) is 3.80. The van der Waals surface area contributed by atoms with Crippen LogP contribution in [0.3, 0.4) is 0 Å². The van der Waals surface area contributed by atoms with Crippen molar-refractivity contribution in [1.29, 1.82) is 0 Å². The third-order valence-electron chi connectivity index (χ3n) is 2.27. The molecule has 0 saturated heterocycles. The molecule has 0 amide bonds. The lowest BCUT2D eigenvalue weighted by atomic mass is 9.99. The first-order valence-corrected chi connectivity index (χ1v) is 5.26. The predicted octanol–water partition coefficient (Wildman–Crippen LogP) is 2.51. The van der Waals surface area contributed by atoms with Crippen LogP contribution in [0.1, 0.15) is 29.3 Å². The molecule has 4 nitrogen and oxygen atoms in total. The number of hydrogen-bond acceptors (Lipinski definition) is 3. The standard InChI is InChI=1S/C12H12F2O4/c1-2-10(15)9-6-8(18-12(13)14)4-3-7(9)5-11(16)17/h3-4,6,12H,2,5H2,1H3,(H,16,17). The summed E-state index contributed by atoms with van der Waals surface area (Å²) >= 11 is 0. The van der Waals surface area contributed by atoms with Crippen molar-refractivity contribution >= 4 is 11.8 Å². The number of ketones is 1. The van der Waals surface area contributed by atoms with Crippen LogP contribution in [0.5, 0.6) is 5.75 Å². The molecule has 6 heteroatoms. The van der Waals surface area contributed by atoms with E-state index in [9.17, 15) is 18.4 Å². The molecule has 0 aliphatic carbocycles. The molecule has 0 saturated carbocycles. The molecule has 0 atom stereocenters. The zero-order chi connectivity index (χ0) is 13.7. The number of rotatable bonds is 6. The average Bonchev–Trinajstić information content (AvgIpc) is 2.28. The van der Waals surface area contributed by atoms with Crippen LogP contribution in [0.15, 0.2) is 18.2 Å². The summed E-state index contributed by atoms with van der Waals surface area (Å²) in [4.78, 5) is 22.2. The summed E-state index contributed by atoms with van der Waals surface area (Å²) in [5.74, 6) is -1.57. The Bertz CT molecular complexity index is 457. The first-order chi connectivity index (χ1) is 8.43. The van der Waals surface area contributed by atoms with Crippen molar-refractivity contribution in [3.63, 3.8) is 0 Å². The topological polar surface area (TPSA) is 63.6 Å². The molecule has 0 fully saturated rings. The maximum atomic E-state index is 12.0. The van der Waals surface area contributed by atoms with E-state index in [-0.39, 0.29) is 35.5 Å². The number of hydrogen-bond donors (Lipinski definition) is 1. The number of halogens is 2. The second kappa shape index (κ2) is 6.09. The van der Waals surface area contributed by atoms with E-state index < -0.39 is 12.6 Å². The lowest BCUT2D eigenvalue weighted by molar-refractivity contribution is -0.136. The van der Waals surface area contributed by atoms with Crippen LogP contribution in [0.2, 0.25) is 0 Å². The number of aliphatic carboxylic acids is 1. The number of ether oxygens (including phenoxy) is 1. The van der Waals surface area contributed by atoms with Crippen LogP contribution in [0.25, 0.3) is 0 Å². The van der Waals surface area contributed by atoms with Gasteiger partial charge in [0.1, 0.15) is 5.75 Å². The maximum Gasteiger partial charge on any atom is 0.387 e. The Labute approximate surface area is 102 Å². The highest BCUT2D eigenvalue weighted by Crippen LogP contribution is 2.21. The molecule has 0 heterocycles. The van der Waals surface area contributed by atoms with Crippen molar-refractivity contribution in [2.24, 2.45) is 0 Å². The van der Waals surface area contributed by atoms with Crippen LogP contribution in [0, 0.1) is 0 Å². The van der Waals surface area contributed by atoms with E-state index in [1.807, 2.05) is 0 Å². The van der Waals surface area contributed by atoms with Gasteiger partial charge in [-0.2, -0.15) is 8.78 Å². The molecule has 1 N–H and O–H groups in total. The Morgan fingerprint density at radius 3 is 2.56 bits per heavy atom. The number of benzene rings is 1. The molecular weight excluding hydrogens is 246 g/mol. The smallest absolute Gasteiger partial charge is 0.387 e. The second-order valence-corrected chi connectivity index (χ2v) is 3.54. The summed E-state index contributed by atoms with van der Waals surface area (Å²) in [5, 5.41) is 8.70. The van der Waals surface area contributed by atoms with Gasteiger partial charge in [-0.25, -0.2) is 0 Å². The molecule has 98 valence electrons. The van der Waals surface area contributed by atoms with Crippen LogP contribution >= 0.6 is 0 Å². The summed E-state index contributed by atoms with van der Waals surface area (Å²) in [6.07, 6.45) is -0.180. The number of carboxylic acids is 1. The molecule has 0 radical (unpaired) electrons. The summed E-state index contributed by atoms with van der Waals surface area (Å²) in [6, 6.07) is 3.68. The molecule has 18 heavy (non-hydrogen) atoms. The van der Waals surface area contributed by atoms with Crippen molar-refractivity contribution in [1.82, 2.24) is 0 Å². The zero-order valence-corrected chi connectivity index (χ0v) is 9.65. The van der Waals surface area contributed by atoms with Gasteiger partial charge in [0.05, 0.1) is 6.42 Å². The second-order valence-electron chi connectivity index (χ2n) is 3.54. The minimum absolute atomic E-state index is 0.109. The van der Waals surface area contributed by atoms with Gasteiger partial charge in [0, 0.05) is 12.0 Å². The summed E-state index contributed by atoms with van der Waals surface area (Å²) < 4.78 is 28.3. The molecule has 1 aromatic carbocycles. The highest BCUT2D eigenvalue weighted by atomic mass is 19.3. The minimum Gasteiger partial charge on any atom is -0.481 e. The fourth-order valence-electron chi connectivity index (χ4n) is 1.50. The first kappa shape index (κ1) is 14.1. The quantitative estimate of drug-likeness (QED) is 0.796. The zero-order valence-electron chi connectivity index (χ0n) is 9.65.